The summed E-state index contributed by atoms with van der Waals surface area (Å²) in [6.07, 6.45) is 2.74. The fourth-order valence-corrected chi connectivity index (χ4v) is 3.60. The summed E-state index contributed by atoms with van der Waals surface area (Å²) >= 11 is 1.92. The Morgan fingerprint density at radius 2 is 2.35 bits per heavy atom. The Balaban J connectivity index is 2.12. The summed E-state index contributed by atoms with van der Waals surface area (Å²) in [6.45, 7) is 8.61. The molecule has 1 aromatic rings. The van der Waals surface area contributed by atoms with Gasteiger partial charge in [0.05, 0.1) is 6.10 Å². The zero-order valence-corrected chi connectivity index (χ0v) is 11.8. The van der Waals surface area contributed by atoms with E-state index in [1.54, 1.807) is 0 Å². The minimum Gasteiger partial charge on any atom is -0.378 e. The van der Waals surface area contributed by atoms with Gasteiger partial charge in [-0.2, -0.15) is 0 Å². The van der Waals surface area contributed by atoms with E-state index >= 15 is 0 Å². The van der Waals surface area contributed by atoms with Crippen LogP contribution in [0.2, 0.25) is 0 Å². The maximum absolute atomic E-state index is 5.72. The first-order chi connectivity index (χ1) is 8.22. The van der Waals surface area contributed by atoms with Crippen LogP contribution in [0.15, 0.2) is 12.1 Å². The van der Waals surface area contributed by atoms with Crippen LogP contribution in [-0.2, 0) is 4.74 Å². The third-order valence-corrected chi connectivity index (χ3v) is 4.63. The molecule has 1 aliphatic heterocycles. The van der Waals surface area contributed by atoms with Crippen LogP contribution in [0.4, 0.5) is 0 Å². The van der Waals surface area contributed by atoms with E-state index in [2.05, 4.69) is 38.2 Å². The molecule has 2 heterocycles. The smallest absolute Gasteiger partial charge is 0.0594 e. The summed E-state index contributed by atoms with van der Waals surface area (Å²) < 4.78 is 5.72. The van der Waals surface area contributed by atoms with Gasteiger partial charge in [-0.05, 0) is 45.4 Å². The van der Waals surface area contributed by atoms with Gasteiger partial charge in [-0.25, -0.2) is 0 Å². The van der Waals surface area contributed by atoms with Gasteiger partial charge in [0.1, 0.15) is 0 Å². The number of ether oxygens (including phenoxy) is 1. The second-order valence-electron chi connectivity index (χ2n) is 4.91. The Morgan fingerprint density at radius 3 is 2.88 bits per heavy atom. The number of thiophene rings is 1. The highest BCUT2D eigenvalue weighted by molar-refractivity contribution is 7.12. The van der Waals surface area contributed by atoms with Gasteiger partial charge in [0.2, 0.25) is 0 Å². The molecule has 17 heavy (non-hydrogen) atoms. The molecule has 0 aromatic carbocycles. The maximum atomic E-state index is 5.72. The molecule has 1 aromatic heterocycles. The highest BCUT2D eigenvalue weighted by Crippen LogP contribution is 2.36. The number of hydrogen-bond acceptors (Lipinski definition) is 3. The van der Waals surface area contributed by atoms with Gasteiger partial charge < -0.3 is 10.1 Å². The van der Waals surface area contributed by atoms with Crippen molar-refractivity contribution in [1.29, 1.82) is 0 Å². The zero-order valence-electron chi connectivity index (χ0n) is 11.0. The van der Waals surface area contributed by atoms with Crippen LogP contribution in [0.25, 0.3) is 0 Å². The Hall–Kier alpha value is -0.380. The lowest BCUT2D eigenvalue weighted by Gasteiger charge is -2.26. The van der Waals surface area contributed by atoms with E-state index in [-0.39, 0.29) is 0 Å². The molecule has 0 amide bonds. The van der Waals surface area contributed by atoms with Crippen LogP contribution in [0.1, 0.15) is 42.5 Å². The first kappa shape index (κ1) is 13.1. The molecule has 3 heteroatoms. The van der Waals surface area contributed by atoms with Gasteiger partial charge in [-0.1, -0.05) is 6.92 Å². The monoisotopic (exact) mass is 253 g/mol. The first-order valence-corrected chi connectivity index (χ1v) is 7.45. The second-order valence-corrected chi connectivity index (χ2v) is 6.23. The predicted molar refractivity (Wildman–Crippen MR) is 73.6 cm³/mol. The summed E-state index contributed by atoms with van der Waals surface area (Å²) in [6, 6.07) is 4.98. The van der Waals surface area contributed by atoms with Crippen molar-refractivity contribution in [3.8, 4) is 0 Å². The Morgan fingerprint density at radius 1 is 1.53 bits per heavy atom. The van der Waals surface area contributed by atoms with E-state index < -0.39 is 0 Å². The predicted octanol–water partition coefficient (Wildman–Crippen LogP) is 3.52. The molecule has 0 spiro atoms. The summed E-state index contributed by atoms with van der Waals surface area (Å²) in [5, 5.41) is 3.70. The van der Waals surface area contributed by atoms with Crippen LogP contribution < -0.4 is 5.32 Å². The van der Waals surface area contributed by atoms with Gasteiger partial charge >= 0.3 is 0 Å². The Labute approximate surface area is 108 Å². The normalized spacial score (nSPS) is 26.3. The second kappa shape index (κ2) is 5.98. The van der Waals surface area contributed by atoms with E-state index in [9.17, 15) is 0 Å². The van der Waals surface area contributed by atoms with E-state index in [0.29, 0.717) is 18.1 Å². The lowest BCUT2D eigenvalue weighted by molar-refractivity contribution is 0.0957. The summed E-state index contributed by atoms with van der Waals surface area (Å²) in [4.78, 5) is 2.87. The SMILES string of the molecule is CCCNC(c1ccc(C)s1)C1CCOC1C. The van der Waals surface area contributed by atoms with Crippen LogP contribution >= 0.6 is 11.3 Å². The van der Waals surface area contributed by atoms with E-state index in [1.807, 2.05) is 11.3 Å². The molecule has 96 valence electrons. The molecule has 0 radical (unpaired) electrons. The van der Waals surface area contributed by atoms with E-state index in [0.717, 1.165) is 13.2 Å². The van der Waals surface area contributed by atoms with Gasteiger partial charge in [0.15, 0.2) is 0 Å². The Kier molecular flexibility index (Phi) is 4.60. The molecule has 1 N–H and O–H groups in total. The summed E-state index contributed by atoms with van der Waals surface area (Å²) in [5.41, 5.74) is 0. The van der Waals surface area contributed by atoms with Crippen molar-refractivity contribution in [2.75, 3.05) is 13.2 Å². The topological polar surface area (TPSA) is 21.3 Å². The average molecular weight is 253 g/mol. The average Bonchev–Trinajstić information content (AvgIpc) is 2.90. The molecular weight excluding hydrogens is 230 g/mol. The fraction of sp³-hybridized carbons (Fsp3) is 0.714. The largest absolute Gasteiger partial charge is 0.378 e. The molecule has 0 saturated carbocycles. The van der Waals surface area contributed by atoms with Gasteiger partial charge in [0, 0.05) is 28.3 Å². The van der Waals surface area contributed by atoms with Crippen LogP contribution in [0, 0.1) is 12.8 Å². The molecule has 3 unspecified atom stereocenters. The van der Waals surface area contributed by atoms with Crippen molar-refractivity contribution in [2.24, 2.45) is 5.92 Å². The fourth-order valence-electron chi connectivity index (χ4n) is 2.57. The molecular formula is C14H23NOS. The highest BCUT2D eigenvalue weighted by atomic mass is 32.1. The minimum atomic E-state index is 0.381. The molecule has 2 rings (SSSR count). The molecule has 1 saturated heterocycles. The number of hydrogen-bond donors (Lipinski definition) is 1. The minimum absolute atomic E-state index is 0.381. The Bertz CT molecular complexity index is 350. The molecule has 0 aliphatic carbocycles. The molecule has 1 fully saturated rings. The first-order valence-electron chi connectivity index (χ1n) is 6.63. The summed E-state index contributed by atoms with van der Waals surface area (Å²) in [5.74, 6) is 0.625. The molecule has 2 nitrogen and oxygen atoms in total. The third kappa shape index (κ3) is 3.09. The summed E-state index contributed by atoms with van der Waals surface area (Å²) in [7, 11) is 0. The van der Waals surface area contributed by atoms with Crippen molar-refractivity contribution < 1.29 is 4.74 Å². The van der Waals surface area contributed by atoms with Crippen LogP contribution in [0.5, 0.6) is 0 Å². The lowest BCUT2D eigenvalue weighted by atomic mass is 9.92. The van der Waals surface area contributed by atoms with Crippen molar-refractivity contribution in [3.63, 3.8) is 0 Å². The van der Waals surface area contributed by atoms with Gasteiger partial charge in [0.25, 0.3) is 0 Å². The molecule has 3 atom stereocenters. The standard InChI is InChI=1S/C14H23NOS/c1-4-8-15-14(12-7-9-16-11(12)3)13-6-5-10(2)17-13/h5-6,11-12,14-15H,4,7-9H2,1-3H3. The number of aryl methyl sites for hydroxylation is 1. The number of rotatable bonds is 5. The highest BCUT2D eigenvalue weighted by Gasteiger charge is 2.33. The van der Waals surface area contributed by atoms with E-state index in [1.165, 1.54) is 22.6 Å². The number of nitrogens with one attached hydrogen (secondary N) is 1. The van der Waals surface area contributed by atoms with E-state index in [4.69, 9.17) is 4.74 Å². The van der Waals surface area contributed by atoms with Gasteiger partial charge in [-0.15, -0.1) is 11.3 Å². The van der Waals surface area contributed by atoms with Crippen LogP contribution in [0.3, 0.4) is 0 Å². The van der Waals surface area contributed by atoms with Crippen molar-refractivity contribution in [3.05, 3.63) is 21.9 Å². The third-order valence-electron chi connectivity index (χ3n) is 3.54. The molecule has 1 aliphatic rings. The molecule has 0 bridgehead atoms. The van der Waals surface area contributed by atoms with Crippen molar-refractivity contribution in [2.45, 2.75) is 45.8 Å². The van der Waals surface area contributed by atoms with Crippen LogP contribution in [-0.4, -0.2) is 19.3 Å². The quantitative estimate of drug-likeness (QED) is 0.867. The van der Waals surface area contributed by atoms with Crippen molar-refractivity contribution >= 4 is 11.3 Å². The van der Waals surface area contributed by atoms with Gasteiger partial charge in [-0.3, -0.25) is 0 Å². The lowest BCUT2D eigenvalue weighted by Crippen LogP contribution is -2.31. The zero-order chi connectivity index (χ0) is 12.3. The maximum Gasteiger partial charge on any atom is 0.0594 e. The van der Waals surface area contributed by atoms with Crippen molar-refractivity contribution in [1.82, 2.24) is 5.32 Å².